The summed E-state index contributed by atoms with van der Waals surface area (Å²) < 4.78 is 5.54. The third kappa shape index (κ3) is 2.80. The number of carboxylic acids is 1. The van der Waals surface area contributed by atoms with Gasteiger partial charge in [0.1, 0.15) is 18.5 Å². The van der Waals surface area contributed by atoms with Crippen LogP contribution < -0.4 is 10.1 Å². The number of benzene rings is 1. The van der Waals surface area contributed by atoms with Gasteiger partial charge in [0.05, 0.1) is 12.5 Å². The molecule has 0 amide bonds. The second-order valence-corrected chi connectivity index (χ2v) is 4.57. The highest BCUT2D eigenvalue weighted by molar-refractivity contribution is 5.67. The Morgan fingerprint density at radius 2 is 2.28 bits per heavy atom. The zero-order chi connectivity index (χ0) is 13.1. The highest BCUT2D eigenvalue weighted by Crippen LogP contribution is 2.31. The Hall–Kier alpha value is -1.59. The molecule has 1 aliphatic rings. The molecule has 0 fully saturated rings. The van der Waals surface area contributed by atoms with Gasteiger partial charge in [0.15, 0.2) is 0 Å². The van der Waals surface area contributed by atoms with Gasteiger partial charge in [-0.2, -0.15) is 0 Å². The SMILES string of the molecule is CC(CC(=O)O)N[C@H]1COc2ccccc2[C@H]1O. The molecule has 0 aliphatic carbocycles. The lowest BCUT2D eigenvalue weighted by molar-refractivity contribution is -0.137. The Morgan fingerprint density at radius 3 is 3.00 bits per heavy atom. The summed E-state index contributed by atoms with van der Waals surface area (Å²) in [4.78, 5) is 10.6. The van der Waals surface area contributed by atoms with Crippen LogP contribution in [0.2, 0.25) is 0 Å². The van der Waals surface area contributed by atoms with Gasteiger partial charge in [-0.05, 0) is 13.0 Å². The number of ether oxygens (including phenoxy) is 1. The zero-order valence-corrected chi connectivity index (χ0v) is 10.2. The smallest absolute Gasteiger partial charge is 0.304 e. The molecular formula is C13H17NO4. The monoisotopic (exact) mass is 251 g/mol. The molecule has 2 rings (SSSR count). The summed E-state index contributed by atoms with van der Waals surface area (Å²) in [5.41, 5.74) is 0.740. The van der Waals surface area contributed by atoms with Crippen LogP contribution in [0.25, 0.3) is 0 Å². The van der Waals surface area contributed by atoms with Crippen LogP contribution >= 0.6 is 0 Å². The molecule has 1 aromatic rings. The molecule has 0 saturated carbocycles. The third-order valence-corrected chi connectivity index (χ3v) is 3.02. The van der Waals surface area contributed by atoms with E-state index >= 15 is 0 Å². The van der Waals surface area contributed by atoms with E-state index in [-0.39, 0.29) is 18.5 Å². The largest absolute Gasteiger partial charge is 0.491 e. The maximum absolute atomic E-state index is 10.6. The molecular weight excluding hydrogens is 234 g/mol. The molecule has 18 heavy (non-hydrogen) atoms. The standard InChI is InChI=1S/C13H17NO4/c1-8(6-12(15)16)14-10-7-18-11-5-3-2-4-9(11)13(10)17/h2-5,8,10,13-14,17H,6-7H2,1H3,(H,15,16)/t8?,10-,13+/m0/s1. The minimum atomic E-state index is -0.860. The number of fused-ring (bicyclic) bond motifs is 1. The normalized spacial score (nSPS) is 23.9. The molecule has 98 valence electrons. The number of carboxylic acid groups (broad SMARTS) is 1. The van der Waals surface area contributed by atoms with Crippen LogP contribution in [0.5, 0.6) is 5.75 Å². The number of aliphatic hydroxyl groups excluding tert-OH is 1. The molecule has 0 radical (unpaired) electrons. The molecule has 0 bridgehead atoms. The van der Waals surface area contributed by atoms with Gasteiger partial charge in [0.2, 0.25) is 0 Å². The number of para-hydroxylation sites is 1. The molecule has 0 aromatic heterocycles. The van der Waals surface area contributed by atoms with Crippen molar-refractivity contribution < 1.29 is 19.7 Å². The van der Waals surface area contributed by atoms with E-state index in [9.17, 15) is 9.90 Å². The van der Waals surface area contributed by atoms with Gasteiger partial charge < -0.3 is 20.3 Å². The van der Waals surface area contributed by atoms with Crippen molar-refractivity contribution in [2.45, 2.75) is 31.5 Å². The maximum Gasteiger partial charge on any atom is 0.304 e. The van der Waals surface area contributed by atoms with E-state index in [1.165, 1.54) is 0 Å². The van der Waals surface area contributed by atoms with Crippen molar-refractivity contribution in [3.05, 3.63) is 29.8 Å². The first-order valence-corrected chi connectivity index (χ1v) is 5.95. The molecule has 1 unspecified atom stereocenters. The van der Waals surface area contributed by atoms with E-state index in [1.807, 2.05) is 24.3 Å². The fourth-order valence-electron chi connectivity index (χ4n) is 2.17. The minimum Gasteiger partial charge on any atom is -0.491 e. The Bertz CT molecular complexity index is 435. The van der Waals surface area contributed by atoms with Gasteiger partial charge in [0.25, 0.3) is 0 Å². The van der Waals surface area contributed by atoms with Gasteiger partial charge in [-0.25, -0.2) is 0 Å². The van der Waals surface area contributed by atoms with Crippen LogP contribution in [0.15, 0.2) is 24.3 Å². The first-order valence-electron chi connectivity index (χ1n) is 5.95. The van der Waals surface area contributed by atoms with E-state index in [1.54, 1.807) is 6.92 Å². The average molecular weight is 251 g/mol. The van der Waals surface area contributed by atoms with Gasteiger partial charge in [-0.3, -0.25) is 4.79 Å². The lowest BCUT2D eigenvalue weighted by atomic mass is 9.98. The van der Waals surface area contributed by atoms with Crippen molar-refractivity contribution in [3.8, 4) is 5.75 Å². The number of aliphatic carboxylic acids is 1. The molecule has 1 heterocycles. The molecule has 0 saturated heterocycles. The predicted octanol–water partition coefficient (Wildman–Crippen LogP) is 0.934. The van der Waals surface area contributed by atoms with Crippen LogP contribution in [-0.4, -0.2) is 34.9 Å². The van der Waals surface area contributed by atoms with Crippen molar-refractivity contribution in [1.82, 2.24) is 5.32 Å². The Labute approximate surface area is 105 Å². The van der Waals surface area contributed by atoms with Crippen molar-refractivity contribution in [2.75, 3.05) is 6.61 Å². The Morgan fingerprint density at radius 1 is 1.56 bits per heavy atom. The van der Waals surface area contributed by atoms with Gasteiger partial charge in [-0.15, -0.1) is 0 Å². The van der Waals surface area contributed by atoms with E-state index in [4.69, 9.17) is 9.84 Å². The Balaban J connectivity index is 2.03. The second kappa shape index (κ2) is 5.37. The quantitative estimate of drug-likeness (QED) is 0.742. The van der Waals surface area contributed by atoms with E-state index in [2.05, 4.69) is 5.32 Å². The lowest BCUT2D eigenvalue weighted by Gasteiger charge is -2.32. The number of aliphatic hydroxyl groups is 1. The van der Waals surface area contributed by atoms with Gasteiger partial charge >= 0.3 is 5.97 Å². The fraction of sp³-hybridized carbons (Fsp3) is 0.462. The summed E-state index contributed by atoms with van der Waals surface area (Å²) in [6, 6.07) is 6.83. The number of rotatable bonds is 4. The molecule has 1 aromatic carbocycles. The van der Waals surface area contributed by atoms with Crippen LogP contribution in [0, 0.1) is 0 Å². The van der Waals surface area contributed by atoms with Crippen LogP contribution in [0.4, 0.5) is 0 Å². The van der Waals surface area contributed by atoms with Gasteiger partial charge in [-0.1, -0.05) is 18.2 Å². The second-order valence-electron chi connectivity index (χ2n) is 4.57. The number of carbonyl (C=O) groups is 1. The minimum absolute atomic E-state index is 0.0187. The molecule has 0 spiro atoms. The van der Waals surface area contributed by atoms with Gasteiger partial charge in [0, 0.05) is 11.6 Å². The van der Waals surface area contributed by atoms with Crippen molar-refractivity contribution in [2.24, 2.45) is 0 Å². The summed E-state index contributed by atoms with van der Waals surface area (Å²) in [6.45, 7) is 2.11. The summed E-state index contributed by atoms with van der Waals surface area (Å²) in [5.74, 6) is -0.171. The summed E-state index contributed by atoms with van der Waals surface area (Å²) in [6.07, 6.45) is -0.656. The summed E-state index contributed by atoms with van der Waals surface area (Å²) in [5, 5.41) is 22.0. The summed E-state index contributed by atoms with van der Waals surface area (Å²) in [7, 11) is 0. The predicted molar refractivity (Wildman–Crippen MR) is 65.5 cm³/mol. The highest BCUT2D eigenvalue weighted by Gasteiger charge is 2.30. The van der Waals surface area contributed by atoms with Crippen LogP contribution in [0.3, 0.4) is 0 Å². The molecule has 5 nitrogen and oxygen atoms in total. The molecule has 3 N–H and O–H groups in total. The highest BCUT2D eigenvalue weighted by atomic mass is 16.5. The first kappa shape index (κ1) is 12.9. The van der Waals surface area contributed by atoms with E-state index < -0.39 is 12.1 Å². The fourth-order valence-corrected chi connectivity index (χ4v) is 2.17. The van der Waals surface area contributed by atoms with Crippen LogP contribution in [0.1, 0.15) is 25.0 Å². The van der Waals surface area contributed by atoms with Crippen LogP contribution in [-0.2, 0) is 4.79 Å². The summed E-state index contributed by atoms with van der Waals surface area (Å²) >= 11 is 0. The van der Waals surface area contributed by atoms with E-state index in [0.29, 0.717) is 12.4 Å². The topological polar surface area (TPSA) is 78.8 Å². The number of hydrogen-bond donors (Lipinski definition) is 3. The van der Waals surface area contributed by atoms with Crippen molar-refractivity contribution in [3.63, 3.8) is 0 Å². The first-order chi connectivity index (χ1) is 8.58. The molecule has 1 aliphatic heterocycles. The number of nitrogens with one attached hydrogen (secondary N) is 1. The zero-order valence-electron chi connectivity index (χ0n) is 10.2. The lowest BCUT2D eigenvalue weighted by Crippen LogP contribution is -2.47. The average Bonchev–Trinajstić information content (AvgIpc) is 2.32. The van der Waals surface area contributed by atoms with Crippen molar-refractivity contribution in [1.29, 1.82) is 0 Å². The van der Waals surface area contributed by atoms with Crippen molar-refractivity contribution >= 4 is 5.97 Å². The number of hydrogen-bond acceptors (Lipinski definition) is 4. The third-order valence-electron chi connectivity index (χ3n) is 3.02. The maximum atomic E-state index is 10.6. The molecule has 3 atom stereocenters. The van der Waals surface area contributed by atoms with E-state index in [0.717, 1.165) is 5.56 Å². The Kier molecular flexibility index (Phi) is 3.84. The molecule has 5 heteroatoms.